The number of alkyl halides is 3. The van der Waals surface area contributed by atoms with E-state index in [2.05, 4.69) is 5.32 Å². The number of rotatable bonds is 4. The summed E-state index contributed by atoms with van der Waals surface area (Å²) in [4.78, 5) is 0. The second kappa shape index (κ2) is 7.40. The zero-order valence-electron chi connectivity index (χ0n) is 14.3. The minimum Gasteiger partial charge on any atom is -0.495 e. The molecule has 0 amide bonds. The molecule has 0 heterocycles. The number of benzene rings is 3. The first-order valence-electron chi connectivity index (χ1n) is 7.96. The molecule has 0 saturated carbocycles. The molecular weight excluding hydrogens is 377 g/mol. The molecular formula is C20H16ClF3N2O. The number of ether oxygens (including phenoxy) is 1. The van der Waals surface area contributed by atoms with E-state index >= 15 is 0 Å². The van der Waals surface area contributed by atoms with Crippen molar-refractivity contribution in [3.05, 3.63) is 71.2 Å². The Labute approximate surface area is 159 Å². The van der Waals surface area contributed by atoms with E-state index in [0.717, 1.165) is 23.3 Å². The second-order valence-electron chi connectivity index (χ2n) is 5.82. The molecule has 3 nitrogen and oxygen atoms in total. The largest absolute Gasteiger partial charge is 0.495 e. The Morgan fingerprint density at radius 1 is 0.926 bits per heavy atom. The molecule has 0 radical (unpaired) electrons. The number of anilines is 3. The highest BCUT2D eigenvalue weighted by Crippen LogP contribution is 2.40. The maximum Gasteiger partial charge on any atom is 0.417 e. The number of hydrogen-bond acceptors (Lipinski definition) is 3. The minimum atomic E-state index is -4.57. The fourth-order valence-corrected chi connectivity index (χ4v) is 2.95. The molecule has 0 unspecified atom stereocenters. The summed E-state index contributed by atoms with van der Waals surface area (Å²) in [6.07, 6.45) is -4.57. The number of nitrogen functional groups attached to an aromatic ring is 1. The molecule has 0 bridgehead atoms. The predicted molar refractivity (Wildman–Crippen MR) is 103 cm³/mol. The van der Waals surface area contributed by atoms with Crippen molar-refractivity contribution in [2.75, 3.05) is 18.2 Å². The molecule has 3 N–H and O–H groups in total. The van der Waals surface area contributed by atoms with Gasteiger partial charge in [-0.05, 0) is 35.4 Å². The normalized spacial score (nSPS) is 11.3. The molecule has 27 heavy (non-hydrogen) atoms. The first kappa shape index (κ1) is 18.9. The number of nitrogens with one attached hydrogen (secondary N) is 1. The van der Waals surface area contributed by atoms with Crippen LogP contribution in [0.5, 0.6) is 5.75 Å². The first-order chi connectivity index (χ1) is 12.8. The maximum atomic E-state index is 13.0. The van der Waals surface area contributed by atoms with E-state index in [4.69, 9.17) is 22.1 Å². The van der Waals surface area contributed by atoms with E-state index < -0.39 is 16.8 Å². The number of halogens is 4. The van der Waals surface area contributed by atoms with Crippen LogP contribution >= 0.6 is 11.6 Å². The molecule has 3 rings (SSSR count). The monoisotopic (exact) mass is 392 g/mol. The molecule has 0 saturated heterocycles. The summed E-state index contributed by atoms with van der Waals surface area (Å²) in [7, 11) is 1.51. The Balaban J connectivity index is 2.01. The van der Waals surface area contributed by atoms with Gasteiger partial charge in [-0.15, -0.1) is 0 Å². The summed E-state index contributed by atoms with van der Waals surface area (Å²) in [5.74, 6) is 0.519. The van der Waals surface area contributed by atoms with Crippen LogP contribution in [0.15, 0.2) is 60.7 Å². The van der Waals surface area contributed by atoms with Gasteiger partial charge in [-0.3, -0.25) is 0 Å². The third kappa shape index (κ3) is 4.11. The molecule has 0 atom stereocenters. The van der Waals surface area contributed by atoms with Crippen molar-refractivity contribution in [2.24, 2.45) is 0 Å². The van der Waals surface area contributed by atoms with E-state index in [-0.39, 0.29) is 11.4 Å². The van der Waals surface area contributed by atoms with E-state index in [1.807, 2.05) is 42.5 Å². The molecule has 3 aromatic rings. The van der Waals surface area contributed by atoms with Crippen molar-refractivity contribution in [1.82, 2.24) is 0 Å². The third-order valence-corrected chi connectivity index (χ3v) is 4.33. The van der Waals surface area contributed by atoms with Gasteiger partial charge in [0.1, 0.15) is 5.75 Å². The zero-order valence-corrected chi connectivity index (χ0v) is 15.0. The van der Waals surface area contributed by atoms with Crippen LogP contribution < -0.4 is 15.8 Å². The average Bonchev–Trinajstić information content (AvgIpc) is 2.64. The van der Waals surface area contributed by atoms with Gasteiger partial charge in [0.05, 0.1) is 34.8 Å². The lowest BCUT2D eigenvalue weighted by atomic mass is 10.0. The van der Waals surface area contributed by atoms with Gasteiger partial charge in [0.25, 0.3) is 0 Å². The van der Waals surface area contributed by atoms with Crippen molar-refractivity contribution >= 4 is 28.7 Å². The smallest absolute Gasteiger partial charge is 0.417 e. The van der Waals surface area contributed by atoms with Crippen LogP contribution in [0.4, 0.5) is 30.2 Å². The summed E-state index contributed by atoms with van der Waals surface area (Å²) >= 11 is 5.81. The van der Waals surface area contributed by atoms with Crippen LogP contribution in [0.1, 0.15) is 5.56 Å². The predicted octanol–water partition coefficient (Wildman–Crippen LogP) is 6.36. The van der Waals surface area contributed by atoms with E-state index in [1.54, 1.807) is 6.07 Å². The van der Waals surface area contributed by atoms with Crippen molar-refractivity contribution in [3.63, 3.8) is 0 Å². The highest BCUT2D eigenvalue weighted by molar-refractivity contribution is 6.32. The summed E-state index contributed by atoms with van der Waals surface area (Å²) in [6.45, 7) is 0. The Morgan fingerprint density at radius 3 is 2.26 bits per heavy atom. The first-order valence-corrected chi connectivity index (χ1v) is 8.34. The van der Waals surface area contributed by atoms with Gasteiger partial charge >= 0.3 is 6.18 Å². The molecule has 0 aliphatic rings. The van der Waals surface area contributed by atoms with E-state index in [9.17, 15) is 13.2 Å². The number of nitrogens with two attached hydrogens (primary N) is 1. The number of hydrogen-bond donors (Lipinski definition) is 2. The third-order valence-electron chi connectivity index (χ3n) is 4.02. The molecule has 0 aliphatic carbocycles. The van der Waals surface area contributed by atoms with Gasteiger partial charge < -0.3 is 15.8 Å². The Kier molecular flexibility index (Phi) is 5.19. The van der Waals surface area contributed by atoms with Crippen LogP contribution in [0, 0.1) is 0 Å². The van der Waals surface area contributed by atoms with Crippen LogP contribution in [0.2, 0.25) is 5.02 Å². The van der Waals surface area contributed by atoms with E-state index in [1.165, 1.54) is 7.11 Å². The van der Waals surface area contributed by atoms with Crippen molar-refractivity contribution < 1.29 is 17.9 Å². The fourth-order valence-electron chi connectivity index (χ4n) is 2.68. The van der Waals surface area contributed by atoms with Crippen molar-refractivity contribution in [2.45, 2.75) is 6.18 Å². The Hall–Kier alpha value is -2.86. The summed E-state index contributed by atoms with van der Waals surface area (Å²) < 4.78 is 44.2. The van der Waals surface area contributed by atoms with Gasteiger partial charge in [0.15, 0.2) is 0 Å². The molecule has 0 fully saturated rings. The van der Waals surface area contributed by atoms with Crippen LogP contribution in [-0.4, -0.2) is 7.11 Å². The molecule has 7 heteroatoms. The molecule has 0 spiro atoms. The van der Waals surface area contributed by atoms with Gasteiger partial charge in [0, 0.05) is 0 Å². The summed E-state index contributed by atoms with van der Waals surface area (Å²) in [5, 5.41) is 2.59. The second-order valence-corrected chi connectivity index (χ2v) is 6.23. The van der Waals surface area contributed by atoms with Gasteiger partial charge in [-0.25, -0.2) is 0 Å². The average molecular weight is 393 g/mol. The van der Waals surface area contributed by atoms with Gasteiger partial charge in [0.2, 0.25) is 0 Å². The van der Waals surface area contributed by atoms with Crippen molar-refractivity contribution in [1.29, 1.82) is 0 Å². The standard InChI is InChI=1S/C20H16ClF3N2O/c1-27-19-8-7-13(12-5-3-2-4-6-12)9-18(19)26-17-11-15(21)14(10-16(17)25)20(22,23)24/h2-11,26H,25H2,1H3. The Bertz CT molecular complexity index is 959. The highest BCUT2D eigenvalue weighted by Gasteiger charge is 2.34. The highest BCUT2D eigenvalue weighted by atomic mass is 35.5. The lowest BCUT2D eigenvalue weighted by molar-refractivity contribution is -0.137. The zero-order chi connectivity index (χ0) is 19.6. The van der Waals surface area contributed by atoms with Crippen molar-refractivity contribution in [3.8, 4) is 16.9 Å². The van der Waals surface area contributed by atoms with Crippen LogP contribution in [0.3, 0.4) is 0 Å². The molecule has 0 aliphatic heterocycles. The molecule has 140 valence electrons. The fraction of sp³-hybridized carbons (Fsp3) is 0.100. The molecule has 3 aromatic carbocycles. The van der Waals surface area contributed by atoms with Gasteiger partial charge in [-0.2, -0.15) is 13.2 Å². The van der Waals surface area contributed by atoms with Gasteiger partial charge in [-0.1, -0.05) is 48.0 Å². The summed E-state index contributed by atoms with van der Waals surface area (Å²) in [5.41, 5.74) is 7.49. The van der Waals surface area contributed by atoms with E-state index in [0.29, 0.717) is 11.4 Å². The molecule has 0 aromatic heterocycles. The van der Waals surface area contributed by atoms with Crippen LogP contribution in [0.25, 0.3) is 11.1 Å². The SMILES string of the molecule is COc1ccc(-c2ccccc2)cc1Nc1cc(Cl)c(C(F)(F)F)cc1N. The lowest BCUT2D eigenvalue weighted by Gasteiger charge is -2.17. The Morgan fingerprint density at radius 2 is 1.63 bits per heavy atom. The topological polar surface area (TPSA) is 47.3 Å². The van der Waals surface area contributed by atoms with Crippen LogP contribution in [-0.2, 0) is 6.18 Å². The maximum absolute atomic E-state index is 13.0. The summed E-state index contributed by atoms with van der Waals surface area (Å²) in [6, 6.07) is 17.1. The lowest BCUT2D eigenvalue weighted by Crippen LogP contribution is -2.08. The quantitative estimate of drug-likeness (QED) is 0.508. The number of methoxy groups -OCH3 is 1. The minimum absolute atomic E-state index is 0.0705.